The zero-order chi connectivity index (χ0) is 19.2. The van der Waals surface area contributed by atoms with Gasteiger partial charge in [0, 0.05) is 18.5 Å². The number of aliphatic carboxylic acids is 1. The van der Waals surface area contributed by atoms with Crippen LogP contribution < -0.4 is 5.32 Å². The molecular weight excluding hydrogens is 344 g/mol. The van der Waals surface area contributed by atoms with Gasteiger partial charge in [0.15, 0.2) is 5.76 Å². The minimum Gasteiger partial charge on any atom is -0.481 e. The first-order valence-corrected chi connectivity index (χ1v) is 9.48. The molecule has 2 heterocycles. The second-order valence-corrected chi connectivity index (χ2v) is 6.93. The number of carbonyl (C=O) groups excluding carboxylic acids is 1. The number of carboxylic acid groups (broad SMARTS) is 1. The Labute approximate surface area is 159 Å². The fraction of sp³-hybridized carbons (Fsp3) is 0.429. The first kappa shape index (κ1) is 19.2. The highest BCUT2D eigenvalue weighted by Gasteiger charge is 2.23. The monoisotopic (exact) mass is 370 g/mol. The van der Waals surface area contributed by atoms with E-state index in [1.807, 2.05) is 37.3 Å². The highest BCUT2D eigenvalue weighted by molar-refractivity contribution is 5.92. The Morgan fingerprint density at radius 3 is 2.56 bits per heavy atom. The maximum absolute atomic E-state index is 12.7. The molecule has 2 N–H and O–H groups in total. The van der Waals surface area contributed by atoms with Gasteiger partial charge in [-0.1, -0.05) is 37.3 Å². The molecule has 0 bridgehead atoms. The Morgan fingerprint density at radius 2 is 1.93 bits per heavy atom. The number of rotatable bonds is 8. The molecule has 1 atom stereocenters. The van der Waals surface area contributed by atoms with Crippen molar-refractivity contribution < 1.29 is 19.1 Å². The van der Waals surface area contributed by atoms with Crippen LogP contribution in [0.1, 0.15) is 59.7 Å². The van der Waals surface area contributed by atoms with E-state index in [2.05, 4.69) is 10.2 Å². The lowest BCUT2D eigenvalue weighted by molar-refractivity contribution is -0.137. The van der Waals surface area contributed by atoms with E-state index in [4.69, 9.17) is 4.42 Å². The standard InChI is InChI=1S/C21H26N2O4/c1-2-18-16(14-23-10-6-7-11-23)12-19(27-18)21(26)22-17(13-20(24)25)15-8-4-3-5-9-15/h3-5,8-9,12,17H,2,6-7,10-11,13-14H2,1H3,(H,22,26)(H,24,25)/t17-/m0/s1. The number of hydrogen-bond acceptors (Lipinski definition) is 4. The average Bonchev–Trinajstić information content (AvgIpc) is 3.31. The van der Waals surface area contributed by atoms with Crippen LogP contribution in [0.2, 0.25) is 0 Å². The maximum atomic E-state index is 12.7. The van der Waals surface area contributed by atoms with E-state index >= 15 is 0 Å². The molecule has 1 saturated heterocycles. The van der Waals surface area contributed by atoms with Crippen molar-refractivity contribution in [1.29, 1.82) is 0 Å². The molecule has 1 amide bonds. The summed E-state index contributed by atoms with van der Waals surface area (Å²) in [5.41, 5.74) is 1.80. The summed E-state index contributed by atoms with van der Waals surface area (Å²) in [5, 5.41) is 12.0. The van der Waals surface area contributed by atoms with E-state index in [-0.39, 0.29) is 18.1 Å². The molecule has 6 heteroatoms. The van der Waals surface area contributed by atoms with Crippen molar-refractivity contribution in [3.63, 3.8) is 0 Å². The van der Waals surface area contributed by atoms with Crippen LogP contribution in [0, 0.1) is 0 Å². The van der Waals surface area contributed by atoms with Crippen molar-refractivity contribution in [1.82, 2.24) is 10.2 Å². The fourth-order valence-corrected chi connectivity index (χ4v) is 3.53. The van der Waals surface area contributed by atoms with Crippen LogP contribution in [-0.4, -0.2) is 35.0 Å². The number of carbonyl (C=O) groups is 2. The van der Waals surface area contributed by atoms with Gasteiger partial charge in [-0.3, -0.25) is 14.5 Å². The van der Waals surface area contributed by atoms with Gasteiger partial charge >= 0.3 is 5.97 Å². The van der Waals surface area contributed by atoms with E-state index in [0.29, 0.717) is 6.42 Å². The molecule has 0 radical (unpaired) electrons. The molecule has 1 fully saturated rings. The lowest BCUT2D eigenvalue weighted by atomic mass is 10.0. The van der Waals surface area contributed by atoms with Gasteiger partial charge in [-0.15, -0.1) is 0 Å². The molecule has 3 rings (SSSR count). The largest absolute Gasteiger partial charge is 0.481 e. The third-order valence-electron chi connectivity index (χ3n) is 4.92. The predicted octanol–water partition coefficient (Wildman–Crippen LogP) is 3.38. The Balaban J connectivity index is 1.75. The molecule has 1 aliphatic rings. The number of furan rings is 1. The Kier molecular flexibility index (Phi) is 6.29. The van der Waals surface area contributed by atoms with E-state index in [9.17, 15) is 14.7 Å². The Bertz CT molecular complexity index is 779. The number of nitrogens with one attached hydrogen (secondary N) is 1. The maximum Gasteiger partial charge on any atom is 0.305 e. The molecule has 2 aromatic rings. The number of carboxylic acids is 1. The Hall–Kier alpha value is -2.60. The Morgan fingerprint density at radius 1 is 1.22 bits per heavy atom. The lowest BCUT2D eigenvalue weighted by Crippen LogP contribution is -2.30. The second-order valence-electron chi connectivity index (χ2n) is 6.93. The van der Waals surface area contributed by atoms with E-state index in [1.54, 1.807) is 6.07 Å². The molecule has 0 saturated carbocycles. The quantitative estimate of drug-likeness (QED) is 0.744. The van der Waals surface area contributed by atoms with Crippen LogP contribution in [0.25, 0.3) is 0 Å². The molecule has 1 aliphatic heterocycles. The van der Waals surface area contributed by atoms with Gasteiger partial charge in [-0.25, -0.2) is 0 Å². The summed E-state index contributed by atoms with van der Waals surface area (Å²) >= 11 is 0. The minimum atomic E-state index is -0.965. The average molecular weight is 370 g/mol. The lowest BCUT2D eigenvalue weighted by Gasteiger charge is -2.16. The number of amides is 1. The van der Waals surface area contributed by atoms with Crippen molar-refractivity contribution in [2.24, 2.45) is 0 Å². The highest BCUT2D eigenvalue weighted by atomic mass is 16.4. The number of likely N-dealkylation sites (tertiary alicyclic amines) is 1. The van der Waals surface area contributed by atoms with Crippen molar-refractivity contribution in [2.75, 3.05) is 13.1 Å². The normalized spacial score (nSPS) is 15.6. The molecule has 0 aliphatic carbocycles. The van der Waals surface area contributed by atoms with Crippen LogP contribution in [0.3, 0.4) is 0 Å². The summed E-state index contributed by atoms with van der Waals surface area (Å²) in [6.07, 6.45) is 2.95. The molecule has 1 aromatic heterocycles. The van der Waals surface area contributed by atoms with Crippen molar-refractivity contribution >= 4 is 11.9 Å². The third kappa shape index (κ3) is 4.98. The molecule has 0 spiro atoms. The first-order chi connectivity index (χ1) is 13.1. The third-order valence-corrected chi connectivity index (χ3v) is 4.92. The summed E-state index contributed by atoms with van der Waals surface area (Å²) in [4.78, 5) is 26.3. The van der Waals surface area contributed by atoms with Gasteiger partial charge in [-0.2, -0.15) is 0 Å². The molecule has 0 unspecified atom stereocenters. The number of hydrogen-bond donors (Lipinski definition) is 2. The smallest absolute Gasteiger partial charge is 0.305 e. The minimum absolute atomic E-state index is 0.183. The van der Waals surface area contributed by atoms with Gasteiger partial charge in [0.1, 0.15) is 5.76 Å². The van der Waals surface area contributed by atoms with E-state index < -0.39 is 12.0 Å². The summed E-state index contributed by atoms with van der Waals surface area (Å²) in [5.74, 6) is -0.283. The topological polar surface area (TPSA) is 82.8 Å². The van der Waals surface area contributed by atoms with Crippen LogP contribution in [-0.2, 0) is 17.8 Å². The highest BCUT2D eigenvalue weighted by Crippen LogP contribution is 2.22. The van der Waals surface area contributed by atoms with Gasteiger partial charge < -0.3 is 14.8 Å². The van der Waals surface area contributed by atoms with Crippen LogP contribution in [0.15, 0.2) is 40.8 Å². The molecule has 6 nitrogen and oxygen atoms in total. The first-order valence-electron chi connectivity index (χ1n) is 9.48. The van der Waals surface area contributed by atoms with Crippen molar-refractivity contribution in [2.45, 2.75) is 45.2 Å². The summed E-state index contributed by atoms with van der Waals surface area (Å²) < 4.78 is 5.79. The molecule has 144 valence electrons. The van der Waals surface area contributed by atoms with Gasteiger partial charge in [0.2, 0.25) is 0 Å². The van der Waals surface area contributed by atoms with Crippen LogP contribution >= 0.6 is 0 Å². The number of benzene rings is 1. The zero-order valence-electron chi connectivity index (χ0n) is 15.6. The van der Waals surface area contributed by atoms with Crippen LogP contribution in [0.5, 0.6) is 0 Å². The van der Waals surface area contributed by atoms with Crippen molar-refractivity contribution in [3.8, 4) is 0 Å². The fourth-order valence-electron chi connectivity index (χ4n) is 3.53. The summed E-state index contributed by atoms with van der Waals surface area (Å²) in [7, 11) is 0. The van der Waals surface area contributed by atoms with Gasteiger partial charge in [0.05, 0.1) is 12.5 Å². The molecule has 1 aromatic carbocycles. The van der Waals surface area contributed by atoms with Crippen molar-refractivity contribution in [3.05, 3.63) is 59.0 Å². The van der Waals surface area contributed by atoms with Crippen LogP contribution in [0.4, 0.5) is 0 Å². The van der Waals surface area contributed by atoms with E-state index in [0.717, 1.165) is 36.5 Å². The predicted molar refractivity (Wildman–Crippen MR) is 101 cm³/mol. The zero-order valence-corrected chi connectivity index (χ0v) is 15.6. The molecule has 27 heavy (non-hydrogen) atoms. The number of aryl methyl sites for hydroxylation is 1. The van der Waals surface area contributed by atoms with Gasteiger partial charge in [0.25, 0.3) is 5.91 Å². The van der Waals surface area contributed by atoms with Gasteiger partial charge in [-0.05, 0) is 37.6 Å². The molecular formula is C21H26N2O4. The SMILES string of the molecule is CCc1oc(C(=O)N[C@@H](CC(=O)O)c2ccccc2)cc1CN1CCCC1. The number of nitrogens with zero attached hydrogens (tertiary/aromatic N) is 1. The summed E-state index contributed by atoms with van der Waals surface area (Å²) in [6.45, 7) is 4.94. The second kappa shape index (κ2) is 8.86. The summed E-state index contributed by atoms with van der Waals surface area (Å²) in [6, 6.07) is 10.3. The van der Waals surface area contributed by atoms with E-state index in [1.165, 1.54) is 12.8 Å².